The van der Waals surface area contributed by atoms with Crippen molar-refractivity contribution < 1.29 is 19.1 Å². The van der Waals surface area contributed by atoms with Crippen molar-refractivity contribution in [3.05, 3.63) is 24.3 Å². The summed E-state index contributed by atoms with van der Waals surface area (Å²) in [7, 11) is 1.62. The molecule has 1 unspecified atom stereocenters. The van der Waals surface area contributed by atoms with Gasteiger partial charge in [0.2, 0.25) is 5.91 Å². The Kier molecular flexibility index (Phi) is 6.27. The van der Waals surface area contributed by atoms with Crippen LogP contribution in [0.3, 0.4) is 0 Å². The summed E-state index contributed by atoms with van der Waals surface area (Å²) < 4.78 is 10.7. The number of para-hydroxylation sites is 2. The molecule has 0 saturated carbocycles. The predicted octanol–water partition coefficient (Wildman–Crippen LogP) is 2.34. The summed E-state index contributed by atoms with van der Waals surface area (Å²) in [6.07, 6.45) is 0.479. The van der Waals surface area contributed by atoms with Gasteiger partial charge >= 0.3 is 0 Å². The third-order valence-electron chi connectivity index (χ3n) is 3.43. The highest BCUT2D eigenvalue weighted by atomic mass is 32.2. The molecule has 22 heavy (non-hydrogen) atoms. The van der Waals surface area contributed by atoms with Gasteiger partial charge in [0.1, 0.15) is 12.4 Å². The van der Waals surface area contributed by atoms with Gasteiger partial charge in [-0.1, -0.05) is 23.9 Å². The minimum absolute atomic E-state index is 0.0805. The Labute approximate surface area is 135 Å². The average molecular weight is 323 g/mol. The largest absolute Gasteiger partial charge is 0.489 e. The van der Waals surface area contributed by atoms with Crippen LogP contribution in [-0.4, -0.2) is 43.6 Å². The first-order valence-corrected chi connectivity index (χ1v) is 8.25. The summed E-state index contributed by atoms with van der Waals surface area (Å²) in [4.78, 5) is 25.1. The van der Waals surface area contributed by atoms with E-state index in [0.29, 0.717) is 37.7 Å². The van der Waals surface area contributed by atoms with E-state index in [4.69, 9.17) is 9.47 Å². The van der Waals surface area contributed by atoms with E-state index in [1.165, 1.54) is 11.8 Å². The molecule has 0 aromatic heterocycles. The molecule has 1 heterocycles. The molecule has 0 radical (unpaired) electrons. The van der Waals surface area contributed by atoms with Crippen LogP contribution in [0.1, 0.15) is 13.3 Å². The molecule has 1 atom stereocenters. The molecule has 0 aliphatic carbocycles. The lowest BCUT2D eigenvalue weighted by molar-refractivity contribution is -0.117. The molecule has 1 aromatic carbocycles. The van der Waals surface area contributed by atoms with Crippen molar-refractivity contribution in [3.8, 4) is 5.75 Å². The summed E-state index contributed by atoms with van der Waals surface area (Å²) in [5.41, 5.74) is 0.791. The molecular formula is C16H21NO4S. The Morgan fingerprint density at radius 1 is 1.36 bits per heavy atom. The zero-order valence-electron chi connectivity index (χ0n) is 12.9. The van der Waals surface area contributed by atoms with Crippen LogP contribution >= 0.6 is 11.8 Å². The van der Waals surface area contributed by atoms with E-state index in [-0.39, 0.29) is 16.9 Å². The molecule has 0 bridgehead atoms. The molecule has 1 fully saturated rings. The number of hydrogen-bond donors (Lipinski definition) is 0. The van der Waals surface area contributed by atoms with Crippen molar-refractivity contribution in [3.63, 3.8) is 0 Å². The highest BCUT2D eigenvalue weighted by Crippen LogP contribution is 2.33. The first kappa shape index (κ1) is 16.8. The minimum Gasteiger partial charge on any atom is -0.489 e. The highest BCUT2D eigenvalue weighted by Gasteiger charge is 2.32. The fourth-order valence-electron chi connectivity index (χ4n) is 2.40. The monoisotopic (exact) mass is 323 g/mol. The van der Waals surface area contributed by atoms with Gasteiger partial charge < -0.3 is 14.4 Å². The van der Waals surface area contributed by atoms with E-state index in [9.17, 15) is 9.59 Å². The smallest absolute Gasteiger partial charge is 0.227 e. The number of methoxy groups -OCH3 is 1. The number of ether oxygens (including phenoxy) is 2. The predicted molar refractivity (Wildman–Crippen MR) is 87.4 cm³/mol. The molecule has 1 saturated heterocycles. The Morgan fingerprint density at radius 3 is 2.86 bits per heavy atom. The molecule has 1 amide bonds. The molecule has 0 N–H and O–H groups in total. The first-order valence-electron chi connectivity index (χ1n) is 7.26. The number of carbonyl (C=O) groups excluding carboxylic acids is 2. The lowest BCUT2D eigenvalue weighted by Gasteiger charge is -2.20. The fraction of sp³-hybridized carbons (Fsp3) is 0.500. The van der Waals surface area contributed by atoms with E-state index in [0.717, 1.165) is 5.69 Å². The quantitative estimate of drug-likeness (QED) is 0.721. The second kappa shape index (κ2) is 8.19. The zero-order valence-corrected chi connectivity index (χ0v) is 13.7. The van der Waals surface area contributed by atoms with Gasteiger partial charge in [-0.2, -0.15) is 0 Å². The van der Waals surface area contributed by atoms with Crippen LogP contribution < -0.4 is 9.64 Å². The van der Waals surface area contributed by atoms with E-state index in [2.05, 4.69) is 0 Å². The number of hydrogen-bond acceptors (Lipinski definition) is 5. The van der Waals surface area contributed by atoms with Gasteiger partial charge in [-0.05, 0) is 18.1 Å². The number of nitrogens with zero attached hydrogens (tertiary/aromatic N) is 1. The Morgan fingerprint density at radius 2 is 2.14 bits per heavy atom. The topological polar surface area (TPSA) is 55.8 Å². The van der Waals surface area contributed by atoms with Gasteiger partial charge in [0.15, 0.2) is 5.12 Å². The SMILES string of the molecule is COCCOc1ccccc1N1CC(CSC(C)=O)CC1=O. The standard InChI is InChI=1S/C16H21NO4S/c1-12(18)22-11-13-9-16(19)17(10-13)14-5-3-4-6-15(14)21-8-7-20-2/h3-6,13H,7-11H2,1-2H3. The normalized spacial score (nSPS) is 17.8. The second-order valence-electron chi connectivity index (χ2n) is 5.19. The maximum atomic E-state index is 12.3. The van der Waals surface area contributed by atoms with Crippen LogP contribution in [0.25, 0.3) is 0 Å². The molecule has 5 nitrogen and oxygen atoms in total. The molecule has 2 rings (SSSR count). The maximum Gasteiger partial charge on any atom is 0.227 e. The molecule has 1 aliphatic rings. The molecular weight excluding hydrogens is 302 g/mol. The number of benzene rings is 1. The van der Waals surface area contributed by atoms with Gasteiger partial charge in [0.05, 0.1) is 12.3 Å². The van der Waals surface area contributed by atoms with Crippen molar-refractivity contribution in [2.45, 2.75) is 13.3 Å². The summed E-state index contributed by atoms with van der Waals surface area (Å²) in [6.45, 7) is 3.13. The van der Waals surface area contributed by atoms with Gasteiger partial charge in [-0.25, -0.2) is 0 Å². The minimum atomic E-state index is 0.0805. The summed E-state index contributed by atoms with van der Waals surface area (Å²) in [6, 6.07) is 7.52. The molecule has 0 spiro atoms. The van der Waals surface area contributed by atoms with Gasteiger partial charge in [0.25, 0.3) is 0 Å². The Bertz CT molecular complexity index is 535. The van der Waals surface area contributed by atoms with E-state index >= 15 is 0 Å². The van der Waals surface area contributed by atoms with Crippen LogP contribution in [0.5, 0.6) is 5.75 Å². The Balaban J connectivity index is 2.04. The summed E-state index contributed by atoms with van der Waals surface area (Å²) in [5.74, 6) is 1.66. The van der Waals surface area contributed by atoms with Gasteiger partial charge in [-0.15, -0.1) is 0 Å². The number of anilines is 1. The van der Waals surface area contributed by atoms with Crippen LogP contribution in [0.4, 0.5) is 5.69 Å². The van der Waals surface area contributed by atoms with Crippen molar-refractivity contribution in [1.29, 1.82) is 0 Å². The number of thioether (sulfide) groups is 1. The third-order valence-corrected chi connectivity index (χ3v) is 4.47. The van der Waals surface area contributed by atoms with Crippen LogP contribution in [0.2, 0.25) is 0 Å². The molecule has 6 heteroatoms. The molecule has 1 aromatic rings. The van der Waals surface area contributed by atoms with E-state index in [1.54, 1.807) is 18.9 Å². The average Bonchev–Trinajstić information content (AvgIpc) is 2.87. The van der Waals surface area contributed by atoms with Gasteiger partial charge in [-0.3, -0.25) is 9.59 Å². The lowest BCUT2D eigenvalue weighted by Crippen LogP contribution is -2.25. The van der Waals surface area contributed by atoms with E-state index < -0.39 is 0 Å². The second-order valence-corrected chi connectivity index (χ2v) is 6.38. The third kappa shape index (κ3) is 4.48. The number of carbonyl (C=O) groups is 2. The zero-order chi connectivity index (χ0) is 15.9. The summed E-state index contributed by atoms with van der Waals surface area (Å²) in [5, 5.41) is 0.0919. The van der Waals surface area contributed by atoms with E-state index in [1.807, 2.05) is 24.3 Å². The first-order chi connectivity index (χ1) is 10.6. The van der Waals surface area contributed by atoms with Gasteiger partial charge in [0, 0.05) is 32.8 Å². The number of rotatable bonds is 7. The van der Waals surface area contributed by atoms with Crippen molar-refractivity contribution in [2.24, 2.45) is 5.92 Å². The molecule has 120 valence electrons. The Hall–Kier alpha value is -1.53. The van der Waals surface area contributed by atoms with Crippen molar-refractivity contribution >= 4 is 28.5 Å². The van der Waals surface area contributed by atoms with Crippen molar-refractivity contribution in [2.75, 3.05) is 37.5 Å². The van der Waals surface area contributed by atoms with Crippen LogP contribution in [0, 0.1) is 5.92 Å². The lowest BCUT2D eigenvalue weighted by atomic mass is 10.1. The highest BCUT2D eigenvalue weighted by molar-refractivity contribution is 8.13. The molecule has 1 aliphatic heterocycles. The number of amides is 1. The van der Waals surface area contributed by atoms with Crippen LogP contribution in [0.15, 0.2) is 24.3 Å². The summed E-state index contributed by atoms with van der Waals surface area (Å²) >= 11 is 1.28. The van der Waals surface area contributed by atoms with Crippen molar-refractivity contribution in [1.82, 2.24) is 0 Å². The van der Waals surface area contributed by atoms with Crippen LogP contribution in [-0.2, 0) is 14.3 Å². The fourth-order valence-corrected chi connectivity index (χ4v) is 3.09. The maximum absolute atomic E-state index is 12.3.